The third kappa shape index (κ3) is 2.35. The van der Waals surface area contributed by atoms with E-state index in [9.17, 15) is 8.42 Å². The molecule has 15 heavy (non-hydrogen) atoms. The lowest BCUT2D eigenvalue weighted by Gasteiger charge is -2.20. The van der Waals surface area contributed by atoms with E-state index in [0.717, 1.165) is 0 Å². The standard InChI is InChI=1S/C8H13N3O3S/c1-2-7-10-8(11-14-7)6-5-15(12,13)4-3-9-6/h6,9H,2-5H2,1H3. The van der Waals surface area contributed by atoms with Gasteiger partial charge in [0.15, 0.2) is 15.7 Å². The molecular weight excluding hydrogens is 218 g/mol. The maximum absolute atomic E-state index is 11.4. The normalized spacial score (nSPS) is 25.3. The summed E-state index contributed by atoms with van der Waals surface area (Å²) >= 11 is 0. The molecule has 0 spiro atoms. The van der Waals surface area contributed by atoms with Crippen LogP contribution in [-0.2, 0) is 16.3 Å². The van der Waals surface area contributed by atoms with Crippen LogP contribution in [0, 0.1) is 0 Å². The van der Waals surface area contributed by atoms with Crippen LogP contribution in [0.4, 0.5) is 0 Å². The molecule has 1 aliphatic heterocycles. The molecule has 1 unspecified atom stereocenters. The zero-order valence-corrected chi connectivity index (χ0v) is 9.25. The van der Waals surface area contributed by atoms with E-state index in [1.165, 1.54) is 0 Å². The molecule has 1 atom stereocenters. The Morgan fingerprint density at radius 1 is 1.60 bits per heavy atom. The Labute approximate surface area is 88.0 Å². The van der Waals surface area contributed by atoms with Crippen LogP contribution in [0.5, 0.6) is 0 Å². The van der Waals surface area contributed by atoms with Crippen molar-refractivity contribution >= 4 is 9.84 Å². The molecule has 1 aromatic rings. The molecule has 0 amide bonds. The summed E-state index contributed by atoms with van der Waals surface area (Å²) in [5.41, 5.74) is 0. The number of nitrogens with zero attached hydrogens (tertiary/aromatic N) is 2. The third-order valence-corrected chi connectivity index (χ3v) is 3.99. The predicted octanol–water partition coefficient (Wildman–Crippen LogP) is -0.309. The molecule has 1 fully saturated rings. The van der Waals surface area contributed by atoms with Crippen molar-refractivity contribution in [2.75, 3.05) is 18.1 Å². The quantitative estimate of drug-likeness (QED) is 0.751. The van der Waals surface area contributed by atoms with E-state index in [0.29, 0.717) is 24.7 Å². The molecule has 6 nitrogen and oxygen atoms in total. The van der Waals surface area contributed by atoms with Gasteiger partial charge in [0.25, 0.3) is 0 Å². The fourth-order valence-corrected chi connectivity index (χ4v) is 2.87. The first-order valence-corrected chi connectivity index (χ1v) is 6.69. The monoisotopic (exact) mass is 231 g/mol. The van der Waals surface area contributed by atoms with Gasteiger partial charge < -0.3 is 9.84 Å². The number of hydrogen-bond donors (Lipinski definition) is 1. The van der Waals surface area contributed by atoms with Crippen molar-refractivity contribution in [3.63, 3.8) is 0 Å². The topological polar surface area (TPSA) is 85.1 Å². The Bertz CT molecular complexity index is 440. The molecule has 0 bridgehead atoms. The molecule has 0 radical (unpaired) electrons. The molecule has 0 saturated carbocycles. The van der Waals surface area contributed by atoms with Crippen LogP contribution in [0.1, 0.15) is 24.7 Å². The largest absolute Gasteiger partial charge is 0.339 e. The molecular formula is C8H13N3O3S. The van der Waals surface area contributed by atoms with Crippen molar-refractivity contribution in [2.45, 2.75) is 19.4 Å². The minimum Gasteiger partial charge on any atom is -0.339 e. The first kappa shape index (κ1) is 10.6. The molecule has 84 valence electrons. The van der Waals surface area contributed by atoms with Crippen molar-refractivity contribution in [3.05, 3.63) is 11.7 Å². The van der Waals surface area contributed by atoms with Crippen LogP contribution in [0.3, 0.4) is 0 Å². The Balaban J connectivity index is 2.17. The second-order valence-electron chi connectivity index (χ2n) is 3.52. The third-order valence-electron chi connectivity index (χ3n) is 2.32. The van der Waals surface area contributed by atoms with Gasteiger partial charge in [-0.1, -0.05) is 12.1 Å². The van der Waals surface area contributed by atoms with Crippen LogP contribution in [0.25, 0.3) is 0 Å². The van der Waals surface area contributed by atoms with Gasteiger partial charge in [-0.3, -0.25) is 0 Å². The van der Waals surface area contributed by atoms with Crippen molar-refractivity contribution in [3.8, 4) is 0 Å². The van der Waals surface area contributed by atoms with E-state index in [-0.39, 0.29) is 17.5 Å². The van der Waals surface area contributed by atoms with Crippen LogP contribution in [-0.4, -0.2) is 36.6 Å². The zero-order chi connectivity index (χ0) is 10.9. The highest BCUT2D eigenvalue weighted by Crippen LogP contribution is 2.15. The van der Waals surface area contributed by atoms with E-state index >= 15 is 0 Å². The Kier molecular flexibility index (Phi) is 2.74. The molecule has 1 aliphatic rings. The van der Waals surface area contributed by atoms with Crippen molar-refractivity contribution in [1.82, 2.24) is 15.5 Å². The highest BCUT2D eigenvalue weighted by Gasteiger charge is 2.28. The molecule has 1 aromatic heterocycles. The van der Waals surface area contributed by atoms with Gasteiger partial charge in [-0.15, -0.1) is 0 Å². The number of hydrogen-bond acceptors (Lipinski definition) is 6. The SMILES string of the molecule is CCc1nc(C2CS(=O)(=O)CCN2)no1. The highest BCUT2D eigenvalue weighted by molar-refractivity contribution is 7.91. The second kappa shape index (κ2) is 3.90. The number of aromatic nitrogens is 2. The first-order chi connectivity index (χ1) is 7.11. The fourth-order valence-electron chi connectivity index (χ4n) is 1.50. The first-order valence-electron chi connectivity index (χ1n) is 4.87. The predicted molar refractivity (Wildman–Crippen MR) is 53.1 cm³/mol. The molecule has 2 heterocycles. The smallest absolute Gasteiger partial charge is 0.226 e. The van der Waals surface area contributed by atoms with Gasteiger partial charge >= 0.3 is 0 Å². The lowest BCUT2D eigenvalue weighted by molar-refractivity contribution is 0.369. The molecule has 0 aliphatic carbocycles. The number of nitrogens with one attached hydrogen (secondary N) is 1. The Morgan fingerprint density at radius 3 is 3.00 bits per heavy atom. The summed E-state index contributed by atoms with van der Waals surface area (Å²) in [5, 5.41) is 6.83. The van der Waals surface area contributed by atoms with Gasteiger partial charge in [-0.25, -0.2) is 8.42 Å². The van der Waals surface area contributed by atoms with E-state index in [1.807, 2.05) is 6.92 Å². The summed E-state index contributed by atoms with van der Waals surface area (Å²) < 4.78 is 27.7. The number of aryl methyl sites for hydroxylation is 1. The molecule has 1 saturated heterocycles. The van der Waals surface area contributed by atoms with Gasteiger partial charge in [0.05, 0.1) is 17.5 Å². The van der Waals surface area contributed by atoms with Crippen molar-refractivity contribution < 1.29 is 12.9 Å². The van der Waals surface area contributed by atoms with Crippen LogP contribution in [0.2, 0.25) is 0 Å². The Morgan fingerprint density at radius 2 is 2.40 bits per heavy atom. The van der Waals surface area contributed by atoms with Gasteiger partial charge in [0, 0.05) is 13.0 Å². The average molecular weight is 231 g/mol. The van der Waals surface area contributed by atoms with Crippen LogP contribution >= 0.6 is 0 Å². The summed E-state index contributed by atoms with van der Waals surface area (Å²) in [5.74, 6) is 1.21. The summed E-state index contributed by atoms with van der Waals surface area (Å²) in [4.78, 5) is 4.11. The molecule has 7 heteroatoms. The van der Waals surface area contributed by atoms with Crippen LogP contribution in [0.15, 0.2) is 4.52 Å². The minimum absolute atomic E-state index is 0.0513. The lowest BCUT2D eigenvalue weighted by Crippen LogP contribution is -2.39. The number of rotatable bonds is 2. The summed E-state index contributed by atoms with van der Waals surface area (Å²) in [6, 6.07) is -0.326. The average Bonchev–Trinajstić information content (AvgIpc) is 2.64. The zero-order valence-electron chi connectivity index (χ0n) is 8.43. The highest BCUT2D eigenvalue weighted by atomic mass is 32.2. The summed E-state index contributed by atoms with van der Waals surface area (Å²) in [7, 11) is -2.96. The van der Waals surface area contributed by atoms with Gasteiger partial charge in [0.2, 0.25) is 5.89 Å². The maximum Gasteiger partial charge on any atom is 0.226 e. The molecule has 2 rings (SSSR count). The van der Waals surface area contributed by atoms with Crippen LogP contribution < -0.4 is 5.32 Å². The van der Waals surface area contributed by atoms with E-state index in [2.05, 4.69) is 15.5 Å². The van der Waals surface area contributed by atoms with E-state index in [4.69, 9.17) is 4.52 Å². The van der Waals surface area contributed by atoms with Crippen molar-refractivity contribution in [1.29, 1.82) is 0 Å². The maximum atomic E-state index is 11.4. The van der Waals surface area contributed by atoms with Gasteiger partial charge in [-0.2, -0.15) is 4.98 Å². The number of sulfone groups is 1. The van der Waals surface area contributed by atoms with E-state index < -0.39 is 9.84 Å². The lowest BCUT2D eigenvalue weighted by atomic mass is 10.3. The van der Waals surface area contributed by atoms with Gasteiger partial charge in [0.1, 0.15) is 0 Å². The minimum atomic E-state index is -2.96. The van der Waals surface area contributed by atoms with E-state index in [1.54, 1.807) is 0 Å². The fraction of sp³-hybridized carbons (Fsp3) is 0.750. The van der Waals surface area contributed by atoms with Crippen molar-refractivity contribution in [2.24, 2.45) is 0 Å². The Hall–Kier alpha value is -0.950. The van der Waals surface area contributed by atoms with Gasteiger partial charge in [-0.05, 0) is 0 Å². The summed E-state index contributed by atoms with van der Waals surface area (Å²) in [6.45, 7) is 2.35. The molecule has 0 aromatic carbocycles. The summed E-state index contributed by atoms with van der Waals surface area (Å²) in [6.07, 6.45) is 0.659. The second-order valence-corrected chi connectivity index (χ2v) is 5.75. The molecule has 1 N–H and O–H groups in total.